The molecule has 112 valence electrons. The summed E-state index contributed by atoms with van der Waals surface area (Å²) in [7, 11) is 0. The van der Waals surface area contributed by atoms with Gasteiger partial charge in [0.2, 0.25) is 5.91 Å². The van der Waals surface area contributed by atoms with E-state index in [4.69, 9.17) is 5.73 Å². The standard InChI is InChI=1S/C12H22F3N3O/c1-8(2)10(16)11(19)17-4-5-18(9(3)6-17)7-12(13,14)15/h8-10H,4-7,16H2,1-3H3/t9-,10+/m1/s1. The molecule has 0 unspecified atom stereocenters. The third-order valence-corrected chi connectivity index (χ3v) is 3.46. The summed E-state index contributed by atoms with van der Waals surface area (Å²) in [6, 6.07) is -0.889. The van der Waals surface area contributed by atoms with Gasteiger partial charge in [0, 0.05) is 25.7 Å². The smallest absolute Gasteiger partial charge is 0.338 e. The lowest BCUT2D eigenvalue weighted by atomic mass is 10.0. The minimum atomic E-state index is -4.20. The number of piperazine rings is 1. The van der Waals surface area contributed by atoms with E-state index in [0.717, 1.165) is 0 Å². The van der Waals surface area contributed by atoms with Crippen LogP contribution in [0, 0.1) is 5.92 Å². The van der Waals surface area contributed by atoms with E-state index in [2.05, 4.69) is 0 Å². The highest BCUT2D eigenvalue weighted by molar-refractivity contribution is 5.82. The van der Waals surface area contributed by atoms with Gasteiger partial charge in [-0.3, -0.25) is 9.69 Å². The molecule has 1 fully saturated rings. The molecule has 19 heavy (non-hydrogen) atoms. The van der Waals surface area contributed by atoms with Crippen molar-refractivity contribution in [3.05, 3.63) is 0 Å². The molecule has 1 heterocycles. The van der Waals surface area contributed by atoms with E-state index in [1.54, 1.807) is 11.8 Å². The zero-order valence-electron chi connectivity index (χ0n) is 11.6. The molecule has 4 nitrogen and oxygen atoms in total. The number of nitrogens with zero attached hydrogens (tertiary/aromatic N) is 2. The molecule has 0 aromatic heterocycles. The van der Waals surface area contributed by atoms with Crippen molar-refractivity contribution in [1.82, 2.24) is 9.80 Å². The van der Waals surface area contributed by atoms with Crippen molar-refractivity contribution in [1.29, 1.82) is 0 Å². The molecular formula is C12H22F3N3O. The predicted octanol–water partition coefficient (Wildman–Crippen LogP) is 1.06. The topological polar surface area (TPSA) is 49.6 Å². The number of hydrogen-bond donors (Lipinski definition) is 1. The first kappa shape index (κ1) is 16.2. The lowest BCUT2D eigenvalue weighted by Gasteiger charge is -2.41. The Labute approximate surface area is 111 Å². The van der Waals surface area contributed by atoms with Crippen molar-refractivity contribution in [3.8, 4) is 0 Å². The van der Waals surface area contributed by atoms with Crippen molar-refractivity contribution in [2.45, 2.75) is 39.0 Å². The number of hydrogen-bond acceptors (Lipinski definition) is 3. The Kier molecular flexibility index (Phi) is 5.20. The first-order valence-corrected chi connectivity index (χ1v) is 6.47. The third kappa shape index (κ3) is 4.65. The molecule has 0 bridgehead atoms. The largest absolute Gasteiger partial charge is 0.401 e. The Bertz CT molecular complexity index is 320. The van der Waals surface area contributed by atoms with Crippen LogP contribution in [-0.4, -0.2) is 60.1 Å². The quantitative estimate of drug-likeness (QED) is 0.841. The zero-order valence-corrected chi connectivity index (χ0v) is 11.6. The number of carbonyl (C=O) groups excluding carboxylic acids is 1. The molecular weight excluding hydrogens is 259 g/mol. The van der Waals surface area contributed by atoms with E-state index >= 15 is 0 Å². The fourth-order valence-corrected chi connectivity index (χ4v) is 2.16. The molecule has 1 rings (SSSR count). The van der Waals surface area contributed by atoms with Gasteiger partial charge in [0.05, 0.1) is 12.6 Å². The summed E-state index contributed by atoms with van der Waals surface area (Å²) in [6.07, 6.45) is -4.20. The van der Waals surface area contributed by atoms with Crippen LogP contribution in [0.15, 0.2) is 0 Å². The molecule has 0 aliphatic carbocycles. The molecule has 1 amide bonds. The van der Waals surface area contributed by atoms with E-state index in [9.17, 15) is 18.0 Å². The first-order valence-electron chi connectivity index (χ1n) is 6.47. The van der Waals surface area contributed by atoms with E-state index in [1.807, 2.05) is 13.8 Å². The fraction of sp³-hybridized carbons (Fsp3) is 0.917. The van der Waals surface area contributed by atoms with Crippen molar-refractivity contribution in [3.63, 3.8) is 0 Å². The van der Waals surface area contributed by atoms with Crippen LogP contribution < -0.4 is 5.73 Å². The van der Waals surface area contributed by atoms with Crippen molar-refractivity contribution >= 4 is 5.91 Å². The van der Waals surface area contributed by atoms with Crippen LogP contribution >= 0.6 is 0 Å². The molecule has 1 aliphatic rings. The fourth-order valence-electron chi connectivity index (χ4n) is 2.16. The second kappa shape index (κ2) is 6.09. The number of rotatable bonds is 3. The van der Waals surface area contributed by atoms with Crippen LogP contribution in [0.4, 0.5) is 13.2 Å². The number of carbonyl (C=O) groups is 1. The Hall–Kier alpha value is -0.820. The van der Waals surface area contributed by atoms with Crippen molar-refractivity contribution in [2.75, 3.05) is 26.2 Å². The van der Waals surface area contributed by atoms with Gasteiger partial charge in [-0.2, -0.15) is 13.2 Å². The number of halogens is 3. The van der Waals surface area contributed by atoms with E-state index in [-0.39, 0.29) is 24.4 Å². The van der Waals surface area contributed by atoms with Crippen LogP contribution in [0.2, 0.25) is 0 Å². The summed E-state index contributed by atoms with van der Waals surface area (Å²) in [4.78, 5) is 15.0. The van der Waals surface area contributed by atoms with Crippen LogP contribution in [-0.2, 0) is 4.79 Å². The molecule has 0 aromatic rings. The normalized spacial score (nSPS) is 23.8. The Morgan fingerprint density at radius 3 is 2.37 bits per heavy atom. The van der Waals surface area contributed by atoms with Gasteiger partial charge in [0.1, 0.15) is 0 Å². The van der Waals surface area contributed by atoms with Gasteiger partial charge in [0.25, 0.3) is 0 Å². The lowest BCUT2D eigenvalue weighted by Crippen LogP contribution is -2.58. The Morgan fingerprint density at radius 1 is 1.37 bits per heavy atom. The minimum absolute atomic E-state index is 0.0241. The van der Waals surface area contributed by atoms with Gasteiger partial charge in [-0.15, -0.1) is 0 Å². The molecule has 2 atom stereocenters. The van der Waals surface area contributed by atoms with Crippen LogP contribution in [0.1, 0.15) is 20.8 Å². The monoisotopic (exact) mass is 281 g/mol. The summed E-state index contributed by atoms with van der Waals surface area (Å²) in [5.74, 6) is -0.149. The number of amides is 1. The average molecular weight is 281 g/mol. The molecule has 0 aromatic carbocycles. The summed E-state index contributed by atoms with van der Waals surface area (Å²) in [6.45, 7) is 5.32. The van der Waals surface area contributed by atoms with Crippen molar-refractivity contribution < 1.29 is 18.0 Å². The molecule has 1 aliphatic heterocycles. The van der Waals surface area contributed by atoms with Gasteiger partial charge in [0.15, 0.2) is 0 Å². The minimum Gasteiger partial charge on any atom is -0.338 e. The Morgan fingerprint density at radius 2 is 1.95 bits per heavy atom. The SMILES string of the molecule is CC(C)[C@H](N)C(=O)N1CCN(CC(F)(F)F)[C@H](C)C1. The van der Waals surface area contributed by atoms with E-state index in [0.29, 0.717) is 13.1 Å². The van der Waals surface area contributed by atoms with Gasteiger partial charge >= 0.3 is 6.18 Å². The highest BCUT2D eigenvalue weighted by Crippen LogP contribution is 2.20. The molecule has 0 radical (unpaired) electrons. The average Bonchev–Trinajstić information content (AvgIpc) is 2.28. The summed E-state index contributed by atoms with van der Waals surface area (Å²) >= 11 is 0. The third-order valence-electron chi connectivity index (χ3n) is 3.46. The van der Waals surface area contributed by atoms with Gasteiger partial charge in [-0.1, -0.05) is 13.8 Å². The summed E-state index contributed by atoms with van der Waals surface area (Å²) in [5, 5.41) is 0. The molecule has 7 heteroatoms. The van der Waals surface area contributed by atoms with Gasteiger partial charge in [-0.25, -0.2) is 0 Å². The van der Waals surface area contributed by atoms with Crippen molar-refractivity contribution in [2.24, 2.45) is 11.7 Å². The maximum Gasteiger partial charge on any atom is 0.401 e. The second-order valence-corrected chi connectivity index (χ2v) is 5.49. The summed E-state index contributed by atoms with van der Waals surface area (Å²) in [5.41, 5.74) is 5.79. The van der Waals surface area contributed by atoms with Crippen LogP contribution in [0.5, 0.6) is 0 Å². The molecule has 1 saturated heterocycles. The maximum absolute atomic E-state index is 12.4. The lowest BCUT2D eigenvalue weighted by molar-refractivity contribution is -0.158. The predicted molar refractivity (Wildman–Crippen MR) is 66.5 cm³/mol. The van der Waals surface area contributed by atoms with E-state index < -0.39 is 18.8 Å². The van der Waals surface area contributed by atoms with Gasteiger partial charge < -0.3 is 10.6 Å². The molecule has 0 saturated carbocycles. The van der Waals surface area contributed by atoms with Crippen LogP contribution in [0.25, 0.3) is 0 Å². The van der Waals surface area contributed by atoms with Gasteiger partial charge in [-0.05, 0) is 12.8 Å². The number of alkyl halides is 3. The molecule has 2 N–H and O–H groups in total. The highest BCUT2D eigenvalue weighted by atomic mass is 19.4. The van der Waals surface area contributed by atoms with Crippen LogP contribution in [0.3, 0.4) is 0 Å². The second-order valence-electron chi connectivity index (χ2n) is 5.49. The summed E-state index contributed by atoms with van der Waals surface area (Å²) < 4.78 is 37.1. The zero-order chi connectivity index (χ0) is 14.8. The maximum atomic E-state index is 12.4. The first-order chi connectivity index (χ1) is 8.61. The van der Waals surface area contributed by atoms with E-state index in [1.165, 1.54) is 4.90 Å². The Balaban J connectivity index is 2.56. The highest BCUT2D eigenvalue weighted by Gasteiger charge is 2.36. The number of nitrogens with two attached hydrogens (primary N) is 1. The molecule has 0 spiro atoms.